The summed E-state index contributed by atoms with van der Waals surface area (Å²) in [5.41, 5.74) is 4.63. The van der Waals surface area contributed by atoms with E-state index in [-0.39, 0.29) is 20.6 Å². The van der Waals surface area contributed by atoms with Crippen LogP contribution in [0.25, 0.3) is 0 Å². The topological polar surface area (TPSA) is 105 Å². The first-order chi connectivity index (χ1) is 13.9. The van der Waals surface area contributed by atoms with Gasteiger partial charge < -0.3 is 0 Å². The average Bonchev–Trinajstić information content (AvgIpc) is 3.17. The molecule has 3 rings (SSSR count). The molecule has 0 amide bonds. The summed E-state index contributed by atoms with van der Waals surface area (Å²) in [7, 11) is -7.65. The van der Waals surface area contributed by atoms with Crippen LogP contribution in [0.2, 0.25) is 0 Å². The number of aromatic nitrogens is 1. The van der Waals surface area contributed by atoms with Crippen LogP contribution < -0.4 is 9.44 Å². The van der Waals surface area contributed by atoms with Crippen molar-refractivity contribution in [2.45, 2.75) is 44.4 Å². The number of hydrogen-bond acceptors (Lipinski definition) is 6. The smallest absolute Gasteiger partial charge is 0.263 e. The minimum atomic E-state index is -3.85. The molecule has 0 aliphatic carbocycles. The predicted octanol–water partition coefficient (Wildman–Crippen LogP) is 4.29. The third kappa shape index (κ3) is 4.21. The molecule has 0 atom stereocenters. The second-order valence-corrected chi connectivity index (χ2v) is 11.2. The molecule has 0 spiro atoms. The number of anilines is 2. The molecule has 0 unspecified atom stereocenters. The van der Waals surface area contributed by atoms with Crippen molar-refractivity contribution >= 4 is 42.2 Å². The molecule has 0 saturated heterocycles. The molecule has 30 heavy (non-hydrogen) atoms. The molecule has 0 aliphatic heterocycles. The predicted molar refractivity (Wildman–Crippen MR) is 120 cm³/mol. The van der Waals surface area contributed by atoms with Gasteiger partial charge in [-0.1, -0.05) is 0 Å². The normalized spacial score (nSPS) is 12.0. The van der Waals surface area contributed by atoms with Crippen molar-refractivity contribution in [1.29, 1.82) is 0 Å². The van der Waals surface area contributed by atoms with Crippen LogP contribution in [-0.2, 0) is 20.0 Å². The van der Waals surface area contributed by atoms with Gasteiger partial charge >= 0.3 is 0 Å². The van der Waals surface area contributed by atoms with Gasteiger partial charge in [0, 0.05) is 17.3 Å². The van der Waals surface area contributed by atoms with E-state index in [1.165, 1.54) is 41.8 Å². The summed E-state index contributed by atoms with van der Waals surface area (Å²) < 4.78 is 56.0. The van der Waals surface area contributed by atoms with E-state index in [0.29, 0.717) is 11.1 Å². The molecule has 7 nitrogen and oxygen atoms in total. The van der Waals surface area contributed by atoms with E-state index in [1.807, 2.05) is 20.8 Å². The molecule has 0 saturated carbocycles. The SMILES string of the molecule is Cc1c(C)c(C)c(S(=O)(=O)Nc2ccc(S(=O)(=O)Nc3nccs3)cc2)c(C)c1C. The van der Waals surface area contributed by atoms with Gasteiger partial charge in [0.1, 0.15) is 0 Å². The van der Waals surface area contributed by atoms with E-state index in [0.717, 1.165) is 16.7 Å². The van der Waals surface area contributed by atoms with Crippen molar-refractivity contribution in [3.63, 3.8) is 0 Å². The molecule has 1 aromatic heterocycles. The van der Waals surface area contributed by atoms with Crippen LogP contribution in [0, 0.1) is 34.6 Å². The van der Waals surface area contributed by atoms with Crippen LogP contribution >= 0.6 is 11.3 Å². The molecule has 0 fully saturated rings. The molecule has 0 bridgehead atoms. The zero-order chi connectivity index (χ0) is 22.3. The summed E-state index contributed by atoms with van der Waals surface area (Å²) in [6.45, 7) is 9.39. The van der Waals surface area contributed by atoms with Crippen LogP contribution in [0.3, 0.4) is 0 Å². The number of rotatable bonds is 6. The monoisotopic (exact) mass is 465 g/mol. The van der Waals surface area contributed by atoms with Gasteiger partial charge in [0.25, 0.3) is 20.0 Å². The summed E-state index contributed by atoms with van der Waals surface area (Å²) in [5, 5.41) is 1.92. The van der Waals surface area contributed by atoms with E-state index in [4.69, 9.17) is 0 Å². The Kier molecular flexibility index (Phi) is 5.94. The zero-order valence-electron chi connectivity index (χ0n) is 17.3. The third-order valence-electron chi connectivity index (χ3n) is 5.27. The van der Waals surface area contributed by atoms with Crippen LogP contribution in [0.4, 0.5) is 10.8 Å². The largest absolute Gasteiger partial charge is 0.280 e. The maximum absolute atomic E-state index is 13.1. The molecule has 3 aromatic rings. The Hall–Kier alpha value is -2.43. The summed E-state index contributed by atoms with van der Waals surface area (Å²) in [6.07, 6.45) is 1.50. The maximum Gasteiger partial charge on any atom is 0.263 e. The minimum absolute atomic E-state index is 0.00929. The Morgan fingerprint density at radius 3 is 1.77 bits per heavy atom. The molecule has 0 radical (unpaired) electrons. The number of benzene rings is 2. The molecular weight excluding hydrogens is 442 g/mol. The van der Waals surface area contributed by atoms with Gasteiger partial charge in [0.15, 0.2) is 5.13 Å². The fraction of sp³-hybridized carbons (Fsp3) is 0.250. The Morgan fingerprint density at radius 2 is 1.27 bits per heavy atom. The second-order valence-electron chi connectivity index (χ2n) is 7.03. The Balaban J connectivity index is 1.91. The van der Waals surface area contributed by atoms with Crippen LogP contribution in [0.1, 0.15) is 27.8 Å². The van der Waals surface area contributed by atoms with E-state index >= 15 is 0 Å². The van der Waals surface area contributed by atoms with Gasteiger partial charge in [0.2, 0.25) is 0 Å². The second kappa shape index (κ2) is 8.01. The zero-order valence-corrected chi connectivity index (χ0v) is 19.7. The lowest BCUT2D eigenvalue weighted by Crippen LogP contribution is -2.18. The van der Waals surface area contributed by atoms with E-state index in [1.54, 1.807) is 19.2 Å². The highest BCUT2D eigenvalue weighted by Gasteiger charge is 2.24. The Morgan fingerprint density at radius 1 is 0.733 bits per heavy atom. The van der Waals surface area contributed by atoms with E-state index < -0.39 is 20.0 Å². The van der Waals surface area contributed by atoms with Gasteiger partial charge in [-0.25, -0.2) is 21.8 Å². The number of hydrogen-bond donors (Lipinski definition) is 2. The average molecular weight is 466 g/mol. The molecule has 1 heterocycles. The lowest BCUT2D eigenvalue weighted by molar-refractivity contribution is 0.599. The van der Waals surface area contributed by atoms with Crippen LogP contribution in [0.5, 0.6) is 0 Å². The lowest BCUT2D eigenvalue weighted by Gasteiger charge is -2.19. The summed E-state index contributed by atoms with van der Waals surface area (Å²) in [6, 6.07) is 5.54. The molecule has 2 N–H and O–H groups in total. The van der Waals surface area contributed by atoms with Crippen molar-refractivity contribution in [3.8, 4) is 0 Å². The lowest BCUT2D eigenvalue weighted by atomic mass is 9.95. The molecule has 0 aliphatic rings. The van der Waals surface area contributed by atoms with Gasteiger partial charge in [0.05, 0.1) is 9.79 Å². The van der Waals surface area contributed by atoms with E-state index in [9.17, 15) is 16.8 Å². The van der Waals surface area contributed by atoms with Crippen molar-refractivity contribution < 1.29 is 16.8 Å². The highest BCUT2D eigenvalue weighted by Crippen LogP contribution is 2.31. The number of thiazole rings is 1. The van der Waals surface area contributed by atoms with Crippen molar-refractivity contribution in [3.05, 3.63) is 63.7 Å². The first-order valence-corrected chi connectivity index (χ1v) is 12.9. The number of nitrogens with zero attached hydrogens (tertiary/aromatic N) is 1. The number of sulfonamides is 2. The van der Waals surface area contributed by atoms with Crippen molar-refractivity contribution in [2.75, 3.05) is 9.44 Å². The highest BCUT2D eigenvalue weighted by atomic mass is 32.2. The highest BCUT2D eigenvalue weighted by molar-refractivity contribution is 7.93. The Bertz CT molecular complexity index is 1270. The summed E-state index contributed by atoms with van der Waals surface area (Å²) >= 11 is 1.17. The maximum atomic E-state index is 13.1. The van der Waals surface area contributed by atoms with Gasteiger partial charge in [-0.2, -0.15) is 0 Å². The van der Waals surface area contributed by atoms with Gasteiger partial charge in [-0.05, 0) is 86.7 Å². The van der Waals surface area contributed by atoms with Crippen LogP contribution in [-0.4, -0.2) is 21.8 Å². The first kappa shape index (κ1) is 22.3. The summed E-state index contributed by atoms with van der Waals surface area (Å²) in [4.78, 5) is 4.16. The standard InChI is InChI=1S/C20H23N3O4S3/c1-12-13(2)15(4)19(16(5)14(12)3)30(26,27)22-17-6-8-18(9-7-17)29(24,25)23-20-21-10-11-28-20/h6-11,22H,1-5H3,(H,21,23). The van der Waals surface area contributed by atoms with Crippen LogP contribution in [0.15, 0.2) is 45.6 Å². The Labute approximate surface area is 181 Å². The van der Waals surface area contributed by atoms with Crippen molar-refractivity contribution in [2.24, 2.45) is 0 Å². The fourth-order valence-electron chi connectivity index (χ4n) is 3.22. The summed E-state index contributed by atoms with van der Waals surface area (Å²) in [5.74, 6) is 0. The number of nitrogens with one attached hydrogen (secondary N) is 2. The minimum Gasteiger partial charge on any atom is -0.280 e. The van der Waals surface area contributed by atoms with Crippen molar-refractivity contribution in [1.82, 2.24) is 4.98 Å². The first-order valence-electron chi connectivity index (χ1n) is 9.06. The quantitative estimate of drug-likeness (QED) is 0.565. The van der Waals surface area contributed by atoms with Gasteiger partial charge in [-0.15, -0.1) is 11.3 Å². The fourth-order valence-corrected chi connectivity index (χ4v) is 6.67. The molecule has 10 heteroatoms. The molecule has 160 valence electrons. The van der Waals surface area contributed by atoms with E-state index in [2.05, 4.69) is 14.4 Å². The molecule has 2 aromatic carbocycles. The third-order valence-corrected chi connectivity index (χ3v) is 9.10. The molecular formula is C20H23N3O4S3. The van der Waals surface area contributed by atoms with Gasteiger partial charge in [-0.3, -0.25) is 9.44 Å².